The van der Waals surface area contributed by atoms with Gasteiger partial charge in [0.1, 0.15) is 23.2 Å². The third kappa shape index (κ3) is 2.56. The number of nitrogens with zero attached hydrogens (tertiary/aromatic N) is 2. The highest BCUT2D eigenvalue weighted by Crippen LogP contribution is 2.34. The molecule has 1 N–H and O–H groups in total. The minimum absolute atomic E-state index is 0.0225. The van der Waals surface area contributed by atoms with E-state index in [1.54, 1.807) is 0 Å². The predicted molar refractivity (Wildman–Crippen MR) is 97.7 cm³/mol. The van der Waals surface area contributed by atoms with Crippen molar-refractivity contribution in [3.63, 3.8) is 0 Å². The number of hydrogen-bond donors (Lipinski definition) is 1. The van der Waals surface area contributed by atoms with E-state index in [1.165, 1.54) is 37.4 Å². The van der Waals surface area contributed by atoms with Crippen molar-refractivity contribution < 1.29 is 22.7 Å². The quantitative estimate of drug-likeness (QED) is 0.541. The number of halogens is 3. The molecule has 1 aromatic heterocycles. The fraction of sp³-hybridized carbons (Fsp3) is 0.150. The molecule has 9 heteroatoms. The molecule has 2 heterocycles. The lowest BCUT2D eigenvalue weighted by atomic mass is 9.95. The Kier molecular flexibility index (Phi) is 4.27. The minimum Gasteiger partial charge on any atom is -0.497 e. The molecule has 0 unspecified atom stereocenters. The summed E-state index contributed by atoms with van der Waals surface area (Å²) in [5.74, 6) is -5.14. The maximum atomic E-state index is 14.9. The van der Waals surface area contributed by atoms with Gasteiger partial charge in [-0.1, -0.05) is 0 Å². The zero-order valence-electron chi connectivity index (χ0n) is 15.0. The molecule has 6 nitrogen and oxygen atoms in total. The van der Waals surface area contributed by atoms with Crippen molar-refractivity contribution in [2.24, 2.45) is 0 Å². The number of pyridine rings is 1. The SMILES string of the molecule is COc1ccc(C(=O)c2c3n(c(=O)c4c(F)c(C#N)c(F)c(F)c24)CCN3)cc1. The van der Waals surface area contributed by atoms with Crippen molar-refractivity contribution in [3.05, 3.63) is 68.8 Å². The Labute approximate surface area is 161 Å². The molecule has 1 aliphatic rings. The molecule has 0 aliphatic carbocycles. The zero-order chi connectivity index (χ0) is 20.9. The highest BCUT2D eigenvalue weighted by atomic mass is 19.2. The van der Waals surface area contributed by atoms with E-state index < -0.39 is 45.1 Å². The number of fused-ring (bicyclic) bond motifs is 2. The molecule has 0 bridgehead atoms. The molecule has 3 aromatic rings. The van der Waals surface area contributed by atoms with Crippen molar-refractivity contribution in [3.8, 4) is 11.8 Å². The molecule has 0 amide bonds. The van der Waals surface area contributed by atoms with Crippen LogP contribution in [0.2, 0.25) is 0 Å². The van der Waals surface area contributed by atoms with E-state index in [-0.39, 0.29) is 30.0 Å². The average molecular weight is 399 g/mol. The van der Waals surface area contributed by atoms with Crippen molar-refractivity contribution >= 4 is 22.4 Å². The van der Waals surface area contributed by atoms with Gasteiger partial charge in [0, 0.05) is 24.0 Å². The number of hydrogen-bond acceptors (Lipinski definition) is 5. The second-order valence-electron chi connectivity index (χ2n) is 6.34. The number of carbonyl (C=O) groups excluding carboxylic acids is 1. The fourth-order valence-electron chi connectivity index (χ4n) is 3.47. The molecule has 1 aliphatic heterocycles. The third-order valence-corrected chi connectivity index (χ3v) is 4.86. The van der Waals surface area contributed by atoms with E-state index in [2.05, 4.69) is 5.32 Å². The summed E-state index contributed by atoms with van der Waals surface area (Å²) in [6, 6.07) is 7.07. The van der Waals surface area contributed by atoms with Gasteiger partial charge < -0.3 is 10.1 Å². The van der Waals surface area contributed by atoms with Gasteiger partial charge in [-0.25, -0.2) is 13.2 Å². The molecule has 146 valence electrons. The van der Waals surface area contributed by atoms with Crippen molar-refractivity contribution in [1.82, 2.24) is 4.57 Å². The number of methoxy groups -OCH3 is 1. The number of ketones is 1. The second-order valence-corrected chi connectivity index (χ2v) is 6.34. The second kappa shape index (κ2) is 6.67. The Morgan fingerprint density at radius 1 is 1.14 bits per heavy atom. The van der Waals surface area contributed by atoms with Crippen LogP contribution in [0.25, 0.3) is 10.8 Å². The van der Waals surface area contributed by atoms with E-state index in [9.17, 15) is 22.8 Å². The number of benzene rings is 2. The van der Waals surface area contributed by atoms with Crippen molar-refractivity contribution in [1.29, 1.82) is 5.26 Å². The highest BCUT2D eigenvalue weighted by molar-refractivity contribution is 6.19. The Bertz CT molecular complexity index is 1290. The van der Waals surface area contributed by atoms with Crippen LogP contribution in [0.3, 0.4) is 0 Å². The number of ether oxygens (including phenoxy) is 1. The van der Waals surface area contributed by atoms with Gasteiger partial charge >= 0.3 is 0 Å². The number of rotatable bonds is 3. The van der Waals surface area contributed by atoms with Gasteiger partial charge in [0.2, 0.25) is 0 Å². The van der Waals surface area contributed by atoms with Crippen LogP contribution in [-0.4, -0.2) is 24.0 Å². The maximum absolute atomic E-state index is 14.9. The molecule has 0 saturated heterocycles. The standard InChI is InChI=1S/C20H12F3N3O3/c1-29-10-4-2-9(3-5-10)18(27)14-12-13(20(28)26-7-6-25-19(14)26)15(21)11(8-24)16(22)17(12)23/h2-5,25H,6-7H2,1H3. The molecule has 0 spiro atoms. The van der Waals surface area contributed by atoms with Crippen LogP contribution in [0.4, 0.5) is 19.0 Å². The summed E-state index contributed by atoms with van der Waals surface area (Å²) in [5.41, 5.74) is -2.42. The Morgan fingerprint density at radius 3 is 2.45 bits per heavy atom. The van der Waals surface area contributed by atoms with Crippen LogP contribution < -0.4 is 15.6 Å². The number of carbonyl (C=O) groups is 1. The number of aromatic nitrogens is 1. The van der Waals surface area contributed by atoms with E-state index in [0.717, 1.165) is 4.57 Å². The van der Waals surface area contributed by atoms with Gasteiger partial charge in [0.25, 0.3) is 5.56 Å². The summed E-state index contributed by atoms with van der Waals surface area (Å²) in [7, 11) is 1.44. The van der Waals surface area contributed by atoms with Crippen molar-refractivity contribution in [2.45, 2.75) is 6.54 Å². The minimum atomic E-state index is -1.75. The summed E-state index contributed by atoms with van der Waals surface area (Å²) in [4.78, 5) is 25.9. The van der Waals surface area contributed by atoms with Gasteiger partial charge in [-0.15, -0.1) is 0 Å². The summed E-state index contributed by atoms with van der Waals surface area (Å²) < 4.78 is 50.1. The summed E-state index contributed by atoms with van der Waals surface area (Å²) in [6.07, 6.45) is 0. The zero-order valence-corrected chi connectivity index (χ0v) is 15.0. The molecule has 0 radical (unpaired) electrons. The average Bonchev–Trinajstić information content (AvgIpc) is 3.22. The molecule has 0 atom stereocenters. The first-order valence-electron chi connectivity index (χ1n) is 8.50. The monoisotopic (exact) mass is 399 g/mol. The van der Waals surface area contributed by atoms with Gasteiger partial charge in [0.05, 0.1) is 18.1 Å². The molecule has 2 aromatic carbocycles. The first kappa shape index (κ1) is 18.6. The first-order valence-corrected chi connectivity index (χ1v) is 8.50. The normalized spacial score (nSPS) is 12.4. The lowest BCUT2D eigenvalue weighted by Gasteiger charge is -2.15. The molecular weight excluding hydrogens is 387 g/mol. The van der Waals surface area contributed by atoms with Crippen LogP contribution in [0, 0.1) is 28.8 Å². The maximum Gasteiger partial charge on any atom is 0.263 e. The summed E-state index contributed by atoms with van der Waals surface area (Å²) >= 11 is 0. The van der Waals surface area contributed by atoms with E-state index in [4.69, 9.17) is 10.00 Å². The Hall–Kier alpha value is -3.80. The van der Waals surface area contributed by atoms with Gasteiger partial charge in [-0.2, -0.15) is 5.26 Å². The number of nitrogens with one attached hydrogen (secondary N) is 1. The van der Waals surface area contributed by atoms with E-state index >= 15 is 0 Å². The van der Waals surface area contributed by atoms with Gasteiger partial charge in [0.15, 0.2) is 23.2 Å². The smallest absolute Gasteiger partial charge is 0.263 e. The number of nitriles is 1. The van der Waals surface area contributed by atoms with Crippen LogP contribution in [0.5, 0.6) is 5.75 Å². The highest BCUT2D eigenvalue weighted by Gasteiger charge is 2.32. The van der Waals surface area contributed by atoms with Gasteiger partial charge in [-0.3, -0.25) is 14.2 Å². The third-order valence-electron chi connectivity index (χ3n) is 4.86. The van der Waals surface area contributed by atoms with Crippen LogP contribution in [-0.2, 0) is 6.54 Å². The van der Waals surface area contributed by atoms with Crippen LogP contribution in [0.1, 0.15) is 21.5 Å². The Morgan fingerprint density at radius 2 is 1.83 bits per heavy atom. The lowest BCUT2D eigenvalue weighted by molar-refractivity contribution is 0.104. The molecule has 29 heavy (non-hydrogen) atoms. The van der Waals surface area contributed by atoms with Crippen molar-refractivity contribution in [2.75, 3.05) is 19.0 Å². The topological polar surface area (TPSA) is 84.1 Å². The summed E-state index contributed by atoms with van der Waals surface area (Å²) in [6.45, 7) is 0.346. The Balaban J connectivity index is 2.13. The van der Waals surface area contributed by atoms with Crippen LogP contribution in [0.15, 0.2) is 29.1 Å². The lowest BCUT2D eigenvalue weighted by Crippen LogP contribution is -2.24. The number of anilines is 1. The largest absolute Gasteiger partial charge is 0.497 e. The molecule has 0 fully saturated rings. The molecular formula is C20H12F3N3O3. The predicted octanol–water partition coefficient (Wildman–Crippen LogP) is 2.96. The first-order chi connectivity index (χ1) is 13.9. The van der Waals surface area contributed by atoms with Gasteiger partial charge in [-0.05, 0) is 24.3 Å². The molecule has 4 rings (SSSR count). The van der Waals surface area contributed by atoms with Crippen LogP contribution >= 0.6 is 0 Å². The summed E-state index contributed by atoms with van der Waals surface area (Å²) in [5, 5.41) is 10.2. The molecule has 0 saturated carbocycles. The van der Waals surface area contributed by atoms with E-state index in [0.29, 0.717) is 5.75 Å². The van der Waals surface area contributed by atoms with E-state index in [1.807, 2.05) is 0 Å². The fourth-order valence-corrected chi connectivity index (χ4v) is 3.47.